The third kappa shape index (κ3) is 4.33. The van der Waals surface area contributed by atoms with E-state index in [1.165, 1.54) is 11.1 Å². The number of aryl methyl sites for hydroxylation is 2. The van der Waals surface area contributed by atoms with Crippen molar-refractivity contribution in [1.82, 2.24) is 5.32 Å². The number of benzene rings is 2. The first kappa shape index (κ1) is 15.6. The van der Waals surface area contributed by atoms with Crippen LogP contribution in [-0.4, -0.2) is 6.04 Å². The van der Waals surface area contributed by atoms with Gasteiger partial charge in [-0.1, -0.05) is 51.1 Å². The average Bonchev–Trinajstić information content (AvgIpc) is 2.48. The molecule has 0 spiro atoms. The van der Waals surface area contributed by atoms with Gasteiger partial charge in [0.15, 0.2) is 0 Å². The Bertz CT molecular complexity index is 590. The van der Waals surface area contributed by atoms with Crippen molar-refractivity contribution in [1.29, 1.82) is 0 Å². The van der Waals surface area contributed by atoms with E-state index in [1.54, 1.807) is 0 Å². The molecular weight excluding hydrogens is 258 g/mol. The van der Waals surface area contributed by atoms with Crippen LogP contribution in [0.25, 0.3) is 0 Å². The van der Waals surface area contributed by atoms with Gasteiger partial charge >= 0.3 is 0 Å². The fraction of sp³-hybridized carbons (Fsp3) is 0.368. The van der Waals surface area contributed by atoms with Crippen LogP contribution in [-0.2, 0) is 13.0 Å². The van der Waals surface area contributed by atoms with Crippen LogP contribution in [0.3, 0.4) is 0 Å². The molecule has 0 saturated heterocycles. The van der Waals surface area contributed by atoms with Crippen LogP contribution >= 0.6 is 0 Å². The van der Waals surface area contributed by atoms with Crippen LogP contribution in [0.4, 0.5) is 0 Å². The van der Waals surface area contributed by atoms with Gasteiger partial charge in [-0.05, 0) is 42.2 Å². The molecule has 0 unspecified atom stereocenters. The molecular formula is C19H25NO. The topological polar surface area (TPSA) is 21.3 Å². The Hall–Kier alpha value is -1.80. The Kier molecular flexibility index (Phi) is 5.40. The standard InChI is InChI=1S/C19H25NO/c1-5-17-8-6-7-9-18(17)21-19-12-16(11-10-15(19)4)13-20-14(2)3/h6-12,14,20H,5,13H2,1-4H3. The molecule has 0 heterocycles. The molecule has 2 heteroatoms. The summed E-state index contributed by atoms with van der Waals surface area (Å²) in [4.78, 5) is 0. The Morgan fingerprint density at radius 3 is 2.52 bits per heavy atom. The summed E-state index contributed by atoms with van der Waals surface area (Å²) in [5.74, 6) is 1.90. The predicted octanol–water partition coefficient (Wildman–Crippen LogP) is 4.85. The third-order valence-electron chi connectivity index (χ3n) is 3.54. The lowest BCUT2D eigenvalue weighted by Crippen LogP contribution is -2.21. The summed E-state index contributed by atoms with van der Waals surface area (Å²) >= 11 is 0. The molecule has 21 heavy (non-hydrogen) atoms. The van der Waals surface area contributed by atoms with Gasteiger partial charge in [0.05, 0.1) is 0 Å². The molecule has 0 aliphatic rings. The summed E-state index contributed by atoms with van der Waals surface area (Å²) in [7, 11) is 0. The molecule has 1 N–H and O–H groups in total. The monoisotopic (exact) mass is 283 g/mol. The summed E-state index contributed by atoms with van der Waals surface area (Å²) in [5, 5.41) is 3.44. The zero-order chi connectivity index (χ0) is 15.2. The molecule has 2 nitrogen and oxygen atoms in total. The van der Waals surface area contributed by atoms with Gasteiger partial charge in [-0.25, -0.2) is 0 Å². The van der Waals surface area contributed by atoms with E-state index in [2.05, 4.69) is 63.3 Å². The summed E-state index contributed by atoms with van der Waals surface area (Å²) in [6.07, 6.45) is 0.976. The van der Waals surface area contributed by atoms with Crippen LogP contribution in [0.15, 0.2) is 42.5 Å². The minimum Gasteiger partial charge on any atom is -0.457 e. The van der Waals surface area contributed by atoms with Crippen LogP contribution in [0.5, 0.6) is 11.5 Å². The zero-order valence-electron chi connectivity index (χ0n) is 13.4. The van der Waals surface area contributed by atoms with Crippen molar-refractivity contribution in [2.24, 2.45) is 0 Å². The van der Waals surface area contributed by atoms with Gasteiger partial charge in [0.25, 0.3) is 0 Å². The lowest BCUT2D eigenvalue weighted by atomic mass is 10.1. The lowest BCUT2D eigenvalue weighted by Gasteiger charge is -2.14. The Morgan fingerprint density at radius 1 is 1.05 bits per heavy atom. The van der Waals surface area contributed by atoms with Gasteiger partial charge in [-0.3, -0.25) is 0 Å². The number of para-hydroxylation sites is 1. The fourth-order valence-corrected chi connectivity index (χ4v) is 2.20. The van der Waals surface area contributed by atoms with Crippen LogP contribution in [0.2, 0.25) is 0 Å². The van der Waals surface area contributed by atoms with Crippen molar-refractivity contribution >= 4 is 0 Å². The first-order chi connectivity index (χ1) is 10.1. The van der Waals surface area contributed by atoms with E-state index in [-0.39, 0.29) is 0 Å². The lowest BCUT2D eigenvalue weighted by molar-refractivity contribution is 0.471. The smallest absolute Gasteiger partial charge is 0.130 e. The molecule has 2 rings (SSSR count). The van der Waals surface area contributed by atoms with Crippen LogP contribution < -0.4 is 10.1 Å². The largest absolute Gasteiger partial charge is 0.457 e. The summed E-state index contributed by atoms with van der Waals surface area (Å²) < 4.78 is 6.15. The van der Waals surface area contributed by atoms with E-state index in [4.69, 9.17) is 4.74 Å². The molecule has 0 radical (unpaired) electrons. The molecule has 0 amide bonds. The molecule has 112 valence electrons. The molecule has 0 aliphatic heterocycles. The maximum Gasteiger partial charge on any atom is 0.130 e. The van der Waals surface area contributed by atoms with E-state index >= 15 is 0 Å². The van der Waals surface area contributed by atoms with E-state index in [9.17, 15) is 0 Å². The molecule has 0 saturated carbocycles. The van der Waals surface area contributed by atoms with Crippen molar-refractivity contribution < 1.29 is 4.74 Å². The van der Waals surface area contributed by atoms with Crippen molar-refractivity contribution in [3.8, 4) is 11.5 Å². The number of nitrogens with one attached hydrogen (secondary N) is 1. The quantitative estimate of drug-likeness (QED) is 0.818. The second kappa shape index (κ2) is 7.28. The highest BCUT2D eigenvalue weighted by Gasteiger charge is 2.06. The van der Waals surface area contributed by atoms with Crippen molar-refractivity contribution in [2.45, 2.75) is 46.7 Å². The number of ether oxygens (including phenoxy) is 1. The van der Waals surface area contributed by atoms with Gasteiger partial charge in [0, 0.05) is 12.6 Å². The molecule has 0 atom stereocenters. The summed E-state index contributed by atoms with van der Waals surface area (Å²) in [6.45, 7) is 9.41. The summed E-state index contributed by atoms with van der Waals surface area (Å²) in [5.41, 5.74) is 3.65. The van der Waals surface area contributed by atoms with Gasteiger partial charge in [0.1, 0.15) is 11.5 Å². The Balaban J connectivity index is 2.20. The highest BCUT2D eigenvalue weighted by molar-refractivity contribution is 5.42. The van der Waals surface area contributed by atoms with E-state index in [0.717, 1.165) is 30.0 Å². The number of hydrogen-bond donors (Lipinski definition) is 1. The minimum absolute atomic E-state index is 0.483. The second-order valence-corrected chi connectivity index (χ2v) is 5.70. The highest BCUT2D eigenvalue weighted by Crippen LogP contribution is 2.29. The maximum atomic E-state index is 6.15. The second-order valence-electron chi connectivity index (χ2n) is 5.70. The van der Waals surface area contributed by atoms with Crippen LogP contribution in [0, 0.1) is 6.92 Å². The van der Waals surface area contributed by atoms with Crippen molar-refractivity contribution in [3.05, 3.63) is 59.2 Å². The molecule has 0 aliphatic carbocycles. The van der Waals surface area contributed by atoms with Crippen molar-refractivity contribution in [2.75, 3.05) is 0 Å². The van der Waals surface area contributed by atoms with Crippen LogP contribution in [0.1, 0.15) is 37.5 Å². The van der Waals surface area contributed by atoms with Gasteiger partial charge in [-0.2, -0.15) is 0 Å². The predicted molar refractivity (Wildman–Crippen MR) is 89.0 cm³/mol. The fourth-order valence-electron chi connectivity index (χ4n) is 2.20. The maximum absolute atomic E-state index is 6.15. The molecule has 2 aromatic carbocycles. The molecule has 2 aromatic rings. The SMILES string of the molecule is CCc1ccccc1Oc1cc(CNC(C)C)ccc1C. The molecule has 0 bridgehead atoms. The first-order valence-corrected chi connectivity index (χ1v) is 7.68. The number of rotatable bonds is 6. The number of hydrogen-bond acceptors (Lipinski definition) is 2. The summed E-state index contributed by atoms with van der Waals surface area (Å²) in [6, 6.07) is 15.1. The molecule has 0 aromatic heterocycles. The van der Waals surface area contributed by atoms with Gasteiger partial charge in [-0.15, -0.1) is 0 Å². The third-order valence-corrected chi connectivity index (χ3v) is 3.54. The van der Waals surface area contributed by atoms with E-state index in [0.29, 0.717) is 6.04 Å². The highest BCUT2D eigenvalue weighted by atomic mass is 16.5. The van der Waals surface area contributed by atoms with E-state index < -0.39 is 0 Å². The average molecular weight is 283 g/mol. The van der Waals surface area contributed by atoms with Gasteiger partial charge < -0.3 is 10.1 Å². The first-order valence-electron chi connectivity index (χ1n) is 7.68. The normalized spacial score (nSPS) is 10.9. The minimum atomic E-state index is 0.483. The van der Waals surface area contributed by atoms with Gasteiger partial charge in [0.2, 0.25) is 0 Å². The molecule has 0 fully saturated rings. The zero-order valence-corrected chi connectivity index (χ0v) is 13.4. The Morgan fingerprint density at radius 2 is 1.81 bits per heavy atom. The van der Waals surface area contributed by atoms with Crippen molar-refractivity contribution in [3.63, 3.8) is 0 Å². The Labute approximate surface area is 128 Å². The van der Waals surface area contributed by atoms with E-state index in [1.807, 2.05) is 12.1 Å².